The van der Waals surface area contributed by atoms with Crippen LogP contribution in [0.5, 0.6) is 0 Å². The zero-order chi connectivity index (χ0) is 17.9. The van der Waals surface area contributed by atoms with Crippen LogP contribution in [0.3, 0.4) is 0 Å². The molecule has 2 aromatic carbocycles. The molecule has 0 aromatic heterocycles. The first-order valence-corrected chi connectivity index (χ1v) is 8.32. The molecule has 0 unspecified atom stereocenters. The van der Waals surface area contributed by atoms with Crippen molar-refractivity contribution in [1.29, 1.82) is 0 Å². The molecule has 0 heterocycles. The van der Waals surface area contributed by atoms with Gasteiger partial charge in [-0.3, -0.25) is 4.79 Å². The summed E-state index contributed by atoms with van der Waals surface area (Å²) in [6.07, 6.45) is 0. The van der Waals surface area contributed by atoms with Crippen LogP contribution in [0.25, 0.3) is 0 Å². The smallest absolute Gasteiger partial charge is 0.338 e. The van der Waals surface area contributed by atoms with Crippen molar-refractivity contribution in [1.82, 2.24) is 0 Å². The lowest BCUT2D eigenvalue weighted by atomic mass is 10.1. The number of Topliss-reactive ketones (excluding diaryl/α,β-unsaturated/α-hetero) is 1. The molecule has 0 aliphatic rings. The van der Waals surface area contributed by atoms with Gasteiger partial charge < -0.3 is 4.74 Å². The summed E-state index contributed by atoms with van der Waals surface area (Å²) >= 11 is 0. The number of rotatable bonds is 5. The summed E-state index contributed by atoms with van der Waals surface area (Å²) in [6, 6.07) is 8.82. The van der Waals surface area contributed by atoms with Gasteiger partial charge >= 0.3 is 5.97 Å². The van der Waals surface area contributed by atoms with E-state index in [4.69, 9.17) is 9.88 Å². The van der Waals surface area contributed by atoms with E-state index in [0.717, 1.165) is 12.1 Å². The zero-order valence-corrected chi connectivity index (χ0v) is 13.5. The molecule has 0 radical (unpaired) electrons. The Morgan fingerprint density at radius 1 is 1.12 bits per heavy atom. The van der Waals surface area contributed by atoms with Crippen LogP contribution in [0, 0.1) is 12.7 Å². The van der Waals surface area contributed by atoms with E-state index in [-0.39, 0.29) is 16.0 Å². The first-order valence-electron chi connectivity index (χ1n) is 6.78. The Kier molecular flexibility index (Phi) is 5.10. The van der Waals surface area contributed by atoms with E-state index in [9.17, 15) is 22.4 Å². The number of halogens is 1. The fraction of sp³-hybridized carbons (Fsp3) is 0.125. The Bertz CT molecular complexity index is 908. The van der Waals surface area contributed by atoms with Gasteiger partial charge in [0.25, 0.3) is 0 Å². The molecule has 2 N–H and O–H groups in total. The van der Waals surface area contributed by atoms with Crippen molar-refractivity contribution in [3.8, 4) is 0 Å². The normalized spacial score (nSPS) is 11.1. The summed E-state index contributed by atoms with van der Waals surface area (Å²) in [5, 5.41) is 5.07. The summed E-state index contributed by atoms with van der Waals surface area (Å²) in [7, 11) is -3.98. The maximum atomic E-state index is 13.1. The highest BCUT2D eigenvalue weighted by Crippen LogP contribution is 2.16. The van der Waals surface area contributed by atoms with Gasteiger partial charge in [0.15, 0.2) is 12.4 Å². The summed E-state index contributed by atoms with van der Waals surface area (Å²) in [6.45, 7) is 0.934. The lowest BCUT2D eigenvalue weighted by molar-refractivity contribution is 0.0474. The third-order valence-electron chi connectivity index (χ3n) is 3.21. The van der Waals surface area contributed by atoms with Crippen LogP contribution in [-0.2, 0) is 14.8 Å². The van der Waals surface area contributed by atoms with Crippen LogP contribution in [0.2, 0.25) is 0 Å². The number of hydrogen-bond donors (Lipinski definition) is 1. The molecule has 0 saturated carbocycles. The molecular formula is C16H14FNO5S. The number of carbonyl (C=O) groups is 2. The fourth-order valence-electron chi connectivity index (χ4n) is 1.99. The number of esters is 1. The summed E-state index contributed by atoms with van der Waals surface area (Å²) < 4.78 is 40.8. The predicted octanol–water partition coefficient (Wildman–Crippen LogP) is 1.82. The van der Waals surface area contributed by atoms with Gasteiger partial charge in [0.1, 0.15) is 5.82 Å². The maximum Gasteiger partial charge on any atom is 0.338 e. The van der Waals surface area contributed by atoms with E-state index < -0.39 is 34.2 Å². The van der Waals surface area contributed by atoms with Gasteiger partial charge in [0, 0.05) is 5.56 Å². The number of primary sulfonamides is 1. The van der Waals surface area contributed by atoms with E-state index in [1.54, 1.807) is 0 Å². The third kappa shape index (κ3) is 4.24. The van der Waals surface area contributed by atoms with Crippen molar-refractivity contribution in [3.05, 3.63) is 65.0 Å². The quantitative estimate of drug-likeness (QED) is 0.654. The highest BCUT2D eigenvalue weighted by atomic mass is 32.2. The molecule has 8 heteroatoms. The number of sulfonamides is 1. The van der Waals surface area contributed by atoms with Crippen LogP contribution in [0.4, 0.5) is 4.39 Å². The highest BCUT2D eigenvalue weighted by Gasteiger charge is 2.17. The van der Waals surface area contributed by atoms with E-state index in [1.807, 2.05) is 0 Å². The number of ketones is 1. The Hall–Kier alpha value is -2.58. The number of benzene rings is 2. The molecule has 2 aromatic rings. The molecule has 0 amide bonds. The average molecular weight is 351 g/mol. The summed E-state index contributed by atoms with van der Waals surface area (Å²) in [5.74, 6) is -2.05. The lowest BCUT2D eigenvalue weighted by Gasteiger charge is -2.08. The second kappa shape index (κ2) is 6.90. The average Bonchev–Trinajstić information content (AvgIpc) is 2.51. The van der Waals surface area contributed by atoms with Crippen LogP contribution < -0.4 is 5.14 Å². The fourth-order valence-corrected chi connectivity index (χ4v) is 2.80. The van der Waals surface area contributed by atoms with Crippen molar-refractivity contribution in [2.24, 2.45) is 5.14 Å². The Balaban J connectivity index is 2.12. The molecule has 6 nitrogen and oxygen atoms in total. The largest absolute Gasteiger partial charge is 0.454 e. The third-order valence-corrected chi connectivity index (χ3v) is 4.26. The lowest BCUT2D eigenvalue weighted by Crippen LogP contribution is -2.17. The number of ether oxygens (including phenoxy) is 1. The monoisotopic (exact) mass is 351 g/mol. The van der Waals surface area contributed by atoms with E-state index in [0.29, 0.717) is 5.56 Å². The first-order chi connectivity index (χ1) is 11.2. The molecule has 0 aliphatic heterocycles. The van der Waals surface area contributed by atoms with Crippen LogP contribution >= 0.6 is 0 Å². The van der Waals surface area contributed by atoms with Crippen LogP contribution in [0.1, 0.15) is 26.3 Å². The second-order valence-corrected chi connectivity index (χ2v) is 6.56. The minimum atomic E-state index is -3.98. The maximum absolute atomic E-state index is 13.1. The van der Waals surface area contributed by atoms with Gasteiger partial charge in [-0.2, -0.15) is 0 Å². The van der Waals surface area contributed by atoms with Crippen LogP contribution in [0.15, 0.2) is 47.4 Å². The molecular weight excluding hydrogens is 337 g/mol. The predicted molar refractivity (Wildman–Crippen MR) is 83.6 cm³/mol. The standard InChI is InChI=1S/C16H14FNO5S/c1-10-5-6-12(8-15(10)24(18,21)22)16(20)23-9-14(19)11-3-2-4-13(17)7-11/h2-8H,9H2,1H3,(H2,18,21,22). The van der Waals surface area contributed by atoms with Crippen molar-refractivity contribution in [2.45, 2.75) is 11.8 Å². The first kappa shape index (κ1) is 17.8. The van der Waals surface area contributed by atoms with E-state index in [2.05, 4.69) is 0 Å². The van der Waals surface area contributed by atoms with Crippen molar-refractivity contribution < 1.29 is 27.1 Å². The molecule has 2 rings (SSSR count). The van der Waals surface area contributed by atoms with E-state index in [1.165, 1.54) is 37.3 Å². The molecule has 0 fully saturated rings. The molecule has 0 saturated heterocycles. The SMILES string of the molecule is Cc1ccc(C(=O)OCC(=O)c2cccc(F)c2)cc1S(N)(=O)=O. The van der Waals surface area contributed by atoms with Crippen molar-refractivity contribution >= 4 is 21.8 Å². The number of aryl methyl sites for hydroxylation is 1. The molecule has 0 bridgehead atoms. The number of hydrogen-bond acceptors (Lipinski definition) is 5. The summed E-state index contributed by atoms with van der Waals surface area (Å²) in [5.41, 5.74) is 0.387. The Morgan fingerprint density at radius 3 is 2.46 bits per heavy atom. The van der Waals surface area contributed by atoms with Gasteiger partial charge in [-0.15, -0.1) is 0 Å². The molecule has 0 atom stereocenters. The minimum Gasteiger partial charge on any atom is -0.454 e. The molecule has 126 valence electrons. The molecule has 0 spiro atoms. The second-order valence-electron chi connectivity index (χ2n) is 5.03. The van der Waals surface area contributed by atoms with Crippen molar-refractivity contribution in [3.63, 3.8) is 0 Å². The zero-order valence-electron chi connectivity index (χ0n) is 12.7. The van der Waals surface area contributed by atoms with Gasteiger partial charge in [-0.1, -0.05) is 18.2 Å². The van der Waals surface area contributed by atoms with Crippen LogP contribution in [-0.4, -0.2) is 26.8 Å². The van der Waals surface area contributed by atoms with Crippen molar-refractivity contribution in [2.75, 3.05) is 6.61 Å². The molecule has 24 heavy (non-hydrogen) atoms. The highest BCUT2D eigenvalue weighted by molar-refractivity contribution is 7.89. The van der Waals surface area contributed by atoms with E-state index >= 15 is 0 Å². The van der Waals surface area contributed by atoms with Gasteiger partial charge in [-0.05, 0) is 36.8 Å². The summed E-state index contributed by atoms with van der Waals surface area (Å²) in [4.78, 5) is 23.6. The van der Waals surface area contributed by atoms with Gasteiger partial charge in [0.2, 0.25) is 10.0 Å². The minimum absolute atomic E-state index is 0.0586. The molecule has 0 aliphatic carbocycles. The van der Waals surface area contributed by atoms with Gasteiger partial charge in [-0.25, -0.2) is 22.7 Å². The topological polar surface area (TPSA) is 104 Å². The Labute approximate surface area is 138 Å². The Morgan fingerprint density at radius 2 is 1.83 bits per heavy atom. The number of nitrogens with two attached hydrogens (primary N) is 1. The van der Waals surface area contributed by atoms with Gasteiger partial charge in [0.05, 0.1) is 10.5 Å². The number of carbonyl (C=O) groups excluding carboxylic acids is 2.